The molecule has 1 aromatic heterocycles. The summed E-state index contributed by atoms with van der Waals surface area (Å²) in [5.41, 5.74) is 2.02. The second-order valence-corrected chi connectivity index (χ2v) is 7.49. The number of carbonyl (C=O) groups is 2. The van der Waals surface area contributed by atoms with Gasteiger partial charge in [-0.3, -0.25) is 14.5 Å². The molecular weight excluding hydrogens is 345 g/mol. The summed E-state index contributed by atoms with van der Waals surface area (Å²) in [6, 6.07) is 8.50. The molecule has 1 aliphatic carbocycles. The molecule has 1 N–H and O–H groups in total. The molecule has 2 heterocycles. The molecule has 1 aromatic carbocycles. The van der Waals surface area contributed by atoms with Gasteiger partial charge in [-0.05, 0) is 49.4 Å². The number of H-pyrrole nitrogens is 1. The number of amides is 1. The molecule has 5 nitrogen and oxygen atoms in total. The fourth-order valence-corrected chi connectivity index (χ4v) is 3.62. The van der Waals surface area contributed by atoms with Crippen LogP contribution in [-0.2, 0) is 6.54 Å². The van der Waals surface area contributed by atoms with Crippen LogP contribution in [0.3, 0.4) is 0 Å². The van der Waals surface area contributed by atoms with Crippen molar-refractivity contribution in [3.05, 3.63) is 59.2 Å². The van der Waals surface area contributed by atoms with Gasteiger partial charge in [0.25, 0.3) is 5.91 Å². The van der Waals surface area contributed by atoms with E-state index in [1.54, 1.807) is 24.4 Å². The van der Waals surface area contributed by atoms with Gasteiger partial charge in [0, 0.05) is 37.4 Å². The predicted molar refractivity (Wildman–Crippen MR) is 100 cm³/mol. The largest absolute Gasteiger partial charge is 0.356 e. The molecule has 1 saturated carbocycles. The van der Waals surface area contributed by atoms with Gasteiger partial charge in [0.1, 0.15) is 11.5 Å². The molecule has 1 aliphatic heterocycles. The number of likely N-dealkylation sites (tertiary alicyclic amines) is 1. The Bertz CT molecular complexity index is 820. The monoisotopic (exact) mass is 369 g/mol. The van der Waals surface area contributed by atoms with Crippen LogP contribution in [0.25, 0.3) is 0 Å². The zero-order valence-corrected chi connectivity index (χ0v) is 15.3. The second kappa shape index (κ2) is 7.64. The lowest BCUT2D eigenvalue weighted by Gasteiger charge is -2.21. The summed E-state index contributed by atoms with van der Waals surface area (Å²) in [6.07, 6.45) is 5.88. The Hall–Kier alpha value is -2.47. The van der Waals surface area contributed by atoms with Crippen LogP contribution in [-0.4, -0.2) is 52.2 Å². The van der Waals surface area contributed by atoms with Crippen molar-refractivity contribution in [2.75, 3.05) is 19.6 Å². The fraction of sp³-hybridized carbons (Fsp3) is 0.429. The first-order valence-electron chi connectivity index (χ1n) is 9.59. The molecule has 0 spiro atoms. The van der Waals surface area contributed by atoms with E-state index >= 15 is 0 Å². The van der Waals surface area contributed by atoms with Gasteiger partial charge in [0.2, 0.25) is 0 Å². The van der Waals surface area contributed by atoms with Gasteiger partial charge in [-0.2, -0.15) is 0 Å². The van der Waals surface area contributed by atoms with E-state index in [-0.39, 0.29) is 17.5 Å². The molecular formula is C21H24FN3O2. The van der Waals surface area contributed by atoms with Crippen LogP contribution in [0.5, 0.6) is 0 Å². The first-order valence-corrected chi connectivity index (χ1v) is 9.59. The van der Waals surface area contributed by atoms with E-state index in [2.05, 4.69) is 9.88 Å². The predicted octanol–water partition coefficient (Wildman–Crippen LogP) is 3.24. The molecule has 2 aliphatic rings. The zero-order valence-electron chi connectivity index (χ0n) is 15.3. The molecule has 142 valence electrons. The van der Waals surface area contributed by atoms with E-state index in [9.17, 15) is 14.0 Å². The lowest BCUT2D eigenvalue weighted by atomic mass is 10.1. The van der Waals surface area contributed by atoms with Crippen molar-refractivity contribution < 1.29 is 14.0 Å². The third-order valence-corrected chi connectivity index (χ3v) is 5.34. The average molecular weight is 369 g/mol. The topological polar surface area (TPSA) is 56.4 Å². The van der Waals surface area contributed by atoms with Crippen LogP contribution in [0, 0.1) is 5.82 Å². The number of nitrogens with zero attached hydrogens (tertiary/aromatic N) is 2. The van der Waals surface area contributed by atoms with E-state index in [1.807, 2.05) is 4.90 Å². The van der Waals surface area contributed by atoms with Crippen molar-refractivity contribution >= 4 is 11.7 Å². The number of Topliss-reactive ketones (excluding diaryl/α,β-unsaturated/α-hetero) is 1. The number of rotatable bonds is 7. The minimum absolute atomic E-state index is 0.000679. The van der Waals surface area contributed by atoms with Gasteiger partial charge in [-0.15, -0.1) is 0 Å². The number of aromatic nitrogens is 1. The standard InChI is InChI=1S/C21H24FN3O2/c22-17-5-3-15(4-6-17)13-25(18-7-8-18)14-20(26)16-11-19(23-12-16)21(27)24-9-1-2-10-24/h3-6,11-12,18,23H,1-2,7-10,13-14H2. The third-order valence-electron chi connectivity index (χ3n) is 5.34. The Labute approximate surface area is 158 Å². The van der Waals surface area contributed by atoms with Gasteiger partial charge >= 0.3 is 0 Å². The molecule has 27 heavy (non-hydrogen) atoms. The first kappa shape index (κ1) is 17.9. The van der Waals surface area contributed by atoms with Crippen molar-refractivity contribution in [3.63, 3.8) is 0 Å². The van der Waals surface area contributed by atoms with E-state index in [4.69, 9.17) is 0 Å². The number of benzene rings is 1. The summed E-state index contributed by atoms with van der Waals surface area (Å²) >= 11 is 0. The summed E-state index contributed by atoms with van der Waals surface area (Å²) in [5.74, 6) is -0.284. The lowest BCUT2D eigenvalue weighted by Crippen LogP contribution is -2.31. The third kappa shape index (κ3) is 4.27. The molecule has 1 saturated heterocycles. The van der Waals surface area contributed by atoms with Crippen molar-refractivity contribution in [1.29, 1.82) is 0 Å². The highest BCUT2D eigenvalue weighted by Crippen LogP contribution is 2.28. The van der Waals surface area contributed by atoms with E-state index in [1.165, 1.54) is 12.1 Å². The summed E-state index contributed by atoms with van der Waals surface area (Å²) in [4.78, 5) is 32.1. The molecule has 0 atom stereocenters. The molecule has 1 amide bonds. The lowest BCUT2D eigenvalue weighted by molar-refractivity contribution is 0.0787. The summed E-state index contributed by atoms with van der Waals surface area (Å²) < 4.78 is 13.1. The average Bonchev–Trinajstić information content (AvgIpc) is 3.17. The smallest absolute Gasteiger partial charge is 0.270 e. The van der Waals surface area contributed by atoms with E-state index in [0.29, 0.717) is 30.4 Å². The molecule has 0 radical (unpaired) electrons. The highest BCUT2D eigenvalue weighted by molar-refractivity contribution is 6.01. The normalized spacial score (nSPS) is 16.9. The Morgan fingerprint density at radius 1 is 1.15 bits per heavy atom. The molecule has 6 heteroatoms. The van der Waals surface area contributed by atoms with Crippen molar-refractivity contribution in [1.82, 2.24) is 14.8 Å². The van der Waals surface area contributed by atoms with Crippen molar-refractivity contribution in [2.45, 2.75) is 38.3 Å². The van der Waals surface area contributed by atoms with Crippen LogP contribution in [0.4, 0.5) is 4.39 Å². The van der Waals surface area contributed by atoms with Crippen LogP contribution >= 0.6 is 0 Å². The van der Waals surface area contributed by atoms with Crippen molar-refractivity contribution in [3.8, 4) is 0 Å². The molecule has 2 fully saturated rings. The Morgan fingerprint density at radius 2 is 1.85 bits per heavy atom. The molecule has 4 rings (SSSR count). The van der Waals surface area contributed by atoms with Gasteiger partial charge in [-0.1, -0.05) is 12.1 Å². The zero-order chi connectivity index (χ0) is 18.8. The Morgan fingerprint density at radius 3 is 2.52 bits per heavy atom. The minimum Gasteiger partial charge on any atom is -0.356 e. The van der Waals surface area contributed by atoms with Crippen molar-refractivity contribution in [2.24, 2.45) is 0 Å². The quantitative estimate of drug-likeness (QED) is 0.763. The Balaban J connectivity index is 1.41. The van der Waals surface area contributed by atoms with E-state index < -0.39 is 0 Å². The second-order valence-electron chi connectivity index (χ2n) is 7.49. The van der Waals surface area contributed by atoms with E-state index in [0.717, 1.165) is 44.3 Å². The van der Waals surface area contributed by atoms with Crippen LogP contribution < -0.4 is 0 Å². The highest BCUT2D eigenvalue weighted by atomic mass is 19.1. The number of nitrogens with one attached hydrogen (secondary N) is 1. The molecule has 0 unspecified atom stereocenters. The number of ketones is 1. The number of hydrogen-bond acceptors (Lipinski definition) is 3. The molecule has 2 aromatic rings. The summed E-state index contributed by atoms with van der Waals surface area (Å²) in [5, 5.41) is 0. The minimum atomic E-state index is -0.254. The maximum atomic E-state index is 13.1. The molecule has 0 bridgehead atoms. The van der Waals surface area contributed by atoms with Crippen LogP contribution in [0.2, 0.25) is 0 Å². The fourth-order valence-electron chi connectivity index (χ4n) is 3.62. The maximum absolute atomic E-state index is 13.1. The Kier molecular flexibility index (Phi) is 5.07. The number of halogens is 1. The van der Waals surface area contributed by atoms with Gasteiger partial charge in [0.15, 0.2) is 5.78 Å². The first-order chi connectivity index (χ1) is 13.1. The summed E-state index contributed by atoms with van der Waals surface area (Å²) in [6.45, 7) is 2.50. The van der Waals surface area contributed by atoms with Crippen LogP contribution in [0.15, 0.2) is 36.5 Å². The maximum Gasteiger partial charge on any atom is 0.270 e. The van der Waals surface area contributed by atoms with Gasteiger partial charge < -0.3 is 9.88 Å². The number of carbonyl (C=O) groups excluding carboxylic acids is 2. The van der Waals surface area contributed by atoms with Gasteiger partial charge in [0.05, 0.1) is 6.54 Å². The van der Waals surface area contributed by atoms with Gasteiger partial charge in [-0.25, -0.2) is 4.39 Å². The number of aromatic amines is 1. The van der Waals surface area contributed by atoms with Crippen LogP contribution in [0.1, 0.15) is 52.1 Å². The summed E-state index contributed by atoms with van der Waals surface area (Å²) in [7, 11) is 0. The highest BCUT2D eigenvalue weighted by Gasteiger charge is 2.31. The number of hydrogen-bond donors (Lipinski definition) is 1. The SMILES string of the molecule is O=C(CN(Cc1ccc(F)cc1)C1CC1)c1c[nH]c(C(=O)N2CCCC2)c1.